The van der Waals surface area contributed by atoms with Crippen LogP contribution in [-0.2, 0) is 4.79 Å². The molecule has 0 saturated heterocycles. The fourth-order valence-electron chi connectivity index (χ4n) is 4.47. The maximum Gasteiger partial charge on any atom is 0.192 e. The molecule has 4 aliphatic rings. The molecule has 2 atom stereocenters. The fourth-order valence-corrected chi connectivity index (χ4v) is 4.47. The number of hydrogen-bond donors (Lipinski definition) is 1. The van der Waals surface area contributed by atoms with E-state index in [1.165, 1.54) is 0 Å². The summed E-state index contributed by atoms with van der Waals surface area (Å²) in [6, 6.07) is 9.83. The lowest BCUT2D eigenvalue weighted by Crippen LogP contribution is -2.47. The van der Waals surface area contributed by atoms with Crippen LogP contribution in [0.1, 0.15) is 11.5 Å². The Morgan fingerprint density at radius 3 is 1.86 bits per heavy atom. The Hall–Kier alpha value is -1.41. The average molecular weight is 363 g/mol. The van der Waals surface area contributed by atoms with Crippen LogP contribution in [0.3, 0.4) is 0 Å². The third kappa shape index (κ3) is 2.83. The van der Waals surface area contributed by atoms with Gasteiger partial charge < -0.3 is 5.11 Å². The molecule has 135 valence electrons. The van der Waals surface area contributed by atoms with Crippen molar-refractivity contribution >= 4 is 5.78 Å². The number of rotatable bonds is 4. The minimum atomic E-state index is -1.63. The summed E-state index contributed by atoms with van der Waals surface area (Å²) in [5, 5.41) is 12.0. The van der Waals surface area contributed by atoms with Crippen molar-refractivity contribution in [3.63, 3.8) is 0 Å². The number of carbonyl (C=O) groups excluding carboxylic acids is 1. The zero-order chi connectivity index (χ0) is 19.1. The maximum atomic E-state index is 13.8. The van der Waals surface area contributed by atoms with Crippen LogP contribution in [0, 0.1) is 94.8 Å². The van der Waals surface area contributed by atoms with Crippen molar-refractivity contribution in [1.29, 1.82) is 0 Å². The van der Waals surface area contributed by atoms with Crippen LogP contribution in [0.4, 0.5) is 0 Å². The second-order valence-electron chi connectivity index (χ2n) is 7.25. The van der Waals surface area contributed by atoms with E-state index in [0.717, 1.165) is 23.0 Å². The first-order valence-electron chi connectivity index (χ1n) is 9.44. The molecule has 1 N–H and O–H groups in total. The van der Waals surface area contributed by atoms with Crippen molar-refractivity contribution < 1.29 is 9.90 Å². The van der Waals surface area contributed by atoms with Gasteiger partial charge in [0.25, 0.3) is 0 Å². The van der Waals surface area contributed by atoms with Gasteiger partial charge in [0.05, 0.1) is 0 Å². The first kappa shape index (κ1) is 18.6. The van der Waals surface area contributed by atoms with Crippen LogP contribution in [0.2, 0.25) is 0 Å². The summed E-state index contributed by atoms with van der Waals surface area (Å²) >= 11 is 0. The molecule has 0 spiro atoms. The molecule has 0 heterocycles. The lowest BCUT2D eigenvalue weighted by atomic mass is 9.70. The average Bonchev–Trinajstić information content (AvgIpc) is 3.51. The topological polar surface area (TPSA) is 37.3 Å². The van der Waals surface area contributed by atoms with E-state index in [1.807, 2.05) is 107 Å². The molecule has 1 aromatic carbocycles. The first-order chi connectivity index (χ1) is 13.7. The molecule has 28 heavy (non-hydrogen) atoms. The molecule has 3 fully saturated rings. The maximum absolute atomic E-state index is 13.8. The van der Waals surface area contributed by atoms with E-state index >= 15 is 0 Å². The summed E-state index contributed by atoms with van der Waals surface area (Å²) in [4.78, 5) is 13.8. The molecule has 0 aliphatic heterocycles. The number of ketones is 1. The Morgan fingerprint density at radius 1 is 0.714 bits per heavy atom. The quantitative estimate of drug-likeness (QED) is 0.888. The Kier molecular flexibility index (Phi) is 4.95. The number of hydrogen-bond acceptors (Lipinski definition) is 2. The molecule has 4 aliphatic carbocycles. The first-order valence-corrected chi connectivity index (χ1v) is 9.44. The van der Waals surface area contributed by atoms with Gasteiger partial charge in [0, 0.05) is 29.2 Å². The van der Waals surface area contributed by atoms with Crippen molar-refractivity contribution in [3.8, 4) is 0 Å². The van der Waals surface area contributed by atoms with Crippen molar-refractivity contribution in [1.82, 2.24) is 0 Å². The van der Waals surface area contributed by atoms with E-state index in [0.29, 0.717) is 11.5 Å². The summed E-state index contributed by atoms with van der Waals surface area (Å²) in [6.07, 6.45) is 23.1. The predicted molar refractivity (Wildman–Crippen MR) is 107 cm³/mol. The van der Waals surface area contributed by atoms with Crippen LogP contribution in [0.5, 0.6) is 0 Å². The Bertz CT molecular complexity index is 746. The molecule has 0 amide bonds. The molecule has 0 bridgehead atoms. The molecule has 0 aromatic heterocycles. The van der Waals surface area contributed by atoms with Gasteiger partial charge in [0.15, 0.2) is 5.78 Å². The zero-order valence-corrected chi connectivity index (χ0v) is 15.2. The van der Waals surface area contributed by atoms with Gasteiger partial charge in [-0.3, -0.25) is 4.79 Å². The smallest absolute Gasteiger partial charge is 0.192 e. The predicted octanol–water partition coefficient (Wildman–Crippen LogP) is 3.60. The second kappa shape index (κ2) is 7.44. The summed E-state index contributed by atoms with van der Waals surface area (Å²) in [7, 11) is 0. The van der Waals surface area contributed by atoms with E-state index in [9.17, 15) is 9.90 Å². The number of benzene rings is 1. The van der Waals surface area contributed by atoms with Crippen molar-refractivity contribution in [3.05, 3.63) is 142 Å². The molecule has 0 unspecified atom stereocenters. The molecule has 3 saturated carbocycles. The van der Waals surface area contributed by atoms with Crippen LogP contribution in [0.15, 0.2) is 41.5 Å². The monoisotopic (exact) mass is 363 g/mol. The Morgan fingerprint density at radius 2 is 1.25 bits per heavy atom. The lowest BCUT2D eigenvalue weighted by Gasteiger charge is -2.36. The van der Waals surface area contributed by atoms with Gasteiger partial charge in [-0.05, 0) is 88.2 Å². The minimum absolute atomic E-state index is 0.241. The normalized spacial score (nSPS) is 32.9. The third-order valence-electron chi connectivity index (χ3n) is 5.71. The van der Waals surface area contributed by atoms with Gasteiger partial charge in [0.1, 0.15) is 5.60 Å². The number of Topliss-reactive ketones (excluding diaryl/α,β-unsaturated/α-hetero) is 1. The standard InChI is InChI=1S/C26H19O2/c27-25-23(19-12-6-7-13-19)22(18-10-4-5-11-18)24(20-14-2-1-3-15-20)26(25,28)21-16-8-9-17-21/h1-17,24,28H/t24-,26-/m0/s1. The third-order valence-corrected chi connectivity index (χ3v) is 5.71. The van der Waals surface area contributed by atoms with Gasteiger partial charge in [-0.25, -0.2) is 0 Å². The van der Waals surface area contributed by atoms with E-state index in [4.69, 9.17) is 0 Å². The van der Waals surface area contributed by atoms with Crippen molar-refractivity contribution in [2.24, 2.45) is 0 Å². The van der Waals surface area contributed by atoms with Gasteiger partial charge in [-0.15, -0.1) is 0 Å². The molecular weight excluding hydrogens is 344 g/mol. The Balaban J connectivity index is 1.68. The van der Waals surface area contributed by atoms with Gasteiger partial charge in [-0.1, -0.05) is 30.3 Å². The SMILES string of the molecule is O=C1C([C]2[CH][CH][CH][CH]2)=C([C]2[CH][CH][CH][CH]2)[C@H](c2ccccc2)[C@@]1(O)[C]1[CH][CH][CH][CH]1. The zero-order valence-electron chi connectivity index (χ0n) is 15.2. The summed E-state index contributed by atoms with van der Waals surface area (Å²) < 4.78 is 0. The van der Waals surface area contributed by atoms with Crippen molar-refractivity contribution in [2.75, 3.05) is 0 Å². The van der Waals surface area contributed by atoms with Crippen LogP contribution in [0.25, 0.3) is 0 Å². The van der Waals surface area contributed by atoms with Crippen LogP contribution >= 0.6 is 0 Å². The highest BCUT2D eigenvalue weighted by Gasteiger charge is 2.61. The second-order valence-corrected chi connectivity index (χ2v) is 7.25. The van der Waals surface area contributed by atoms with E-state index < -0.39 is 11.5 Å². The molecule has 1 aromatic rings. The molecular formula is C26H19O2. The summed E-state index contributed by atoms with van der Waals surface area (Å²) in [5.41, 5.74) is 0.784. The molecule has 5 rings (SSSR count). The molecule has 2 nitrogen and oxygen atoms in total. The molecule has 15 radical (unpaired) electrons. The van der Waals surface area contributed by atoms with E-state index in [2.05, 4.69) is 0 Å². The van der Waals surface area contributed by atoms with Crippen molar-refractivity contribution in [2.45, 2.75) is 11.5 Å². The van der Waals surface area contributed by atoms with E-state index in [1.54, 1.807) is 0 Å². The highest BCUT2D eigenvalue weighted by atomic mass is 16.3. The minimum Gasteiger partial charge on any atom is -0.380 e. The largest absolute Gasteiger partial charge is 0.380 e. The summed E-state index contributed by atoms with van der Waals surface area (Å²) in [5.74, 6) is 1.74. The van der Waals surface area contributed by atoms with Gasteiger partial charge in [-0.2, -0.15) is 0 Å². The van der Waals surface area contributed by atoms with Gasteiger partial charge >= 0.3 is 0 Å². The van der Waals surface area contributed by atoms with Crippen LogP contribution in [-0.4, -0.2) is 16.5 Å². The fraction of sp³-hybridized carbons (Fsp3) is 0.0769. The number of carbonyl (C=O) groups is 1. The highest BCUT2D eigenvalue weighted by molar-refractivity contribution is 6.13. The Labute approximate surface area is 169 Å². The number of aliphatic hydroxyl groups is 1. The highest BCUT2D eigenvalue weighted by Crippen LogP contribution is 2.58. The van der Waals surface area contributed by atoms with Gasteiger partial charge in [0.2, 0.25) is 0 Å². The lowest BCUT2D eigenvalue weighted by molar-refractivity contribution is -0.130. The van der Waals surface area contributed by atoms with Crippen LogP contribution < -0.4 is 0 Å². The van der Waals surface area contributed by atoms with E-state index in [-0.39, 0.29) is 5.78 Å². The summed E-state index contributed by atoms with van der Waals surface area (Å²) in [6.45, 7) is 0. The molecule has 2 heteroatoms.